The minimum Gasteiger partial charge on any atom is -0.497 e. The van der Waals surface area contributed by atoms with Gasteiger partial charge in [0.1, 0.15) is 17.4 Å². The van der Waals surface area contributed by atoms with E-state index in [1.165, 1.54) is 16.8 Å². The number of anilines is 2. The number of nitrogens with zero attached hydrogens (tertiary/aromatic N) is 4. The molecular formula is C23H28N6O. The molecule has 0 spiro atoms. The van der Waals surface area contributed by atoms with Crippen LogP contribution in [0.4, 0.5) is 11.6 Å². The summed E-state index contributed by atoms with van der Waals surface area (Å²) in [5.74, 6) is 3.14. The number of nitrogens with two attached hydrogens (primary N) is 1. The average Bonchev–Trinajstić information content (AvgIpc) is 3.27. The van der Waals surface area contributed by atoms with E-state index in [4.69, 9.17) is 15.5 Å². The number of aryl methyl sites for hydroxylation is 2. The molecule has 3 aromatic heterocycles. The second-order valence-corrected chi connectivity index (χ2v) is 8.44. The molecule has 5 rings (SSSR count). The van der Waals surface area contributed by atoms with Crippen LogP contribution in [0, 0.1) is 13.8 Å². The van der Waals surface area contributed by atoms with Crippen molar-refractivity contribution in [3.8, 4) is 5.75 Å². The van der Waals surface area contributed by atoms with Crippen LogP contribution < -0.4 is 15.4 Å². The van der Waals surface area contributed by atoms with E-state index >= 15 is 0 Å². The maximum Gasteiger partial charge on any atom is 0.157 e. The Labute approximate surface area is 175 Å². The van der Waals surface area contributed by atoms with E-state index in [1.54, 1.807) is 11.6 Å². The Morgan fingerprint density at radius 1 is 1.20 bits per heavy atom. The molecule has 30 heavy (non-hydrogen) atoms. The van der Waals surface area contributed by atoms with Gasteiger partial charge in [-0.25, -0.2) is 4.98 Å². The van der Waals surface area contributed by atoms with E-state index < -0.39 is 0 Å². The monoisotopic (exact) mass is 404 g/mol. The van der Waals surface area contributed by atoms with Gasteiger partial charge in [-0.15, -0.1) is 0 Å². The number of piperidine rings is 1. The molecule has 156 valence electrons. The number of nitrogens with one attached hydrogen (secondary N) is 1. The summed E-state index contributed by atoms with van der Waals surface area (Å²) in [6, 6.07) is 10.6. The predicted molar refractivity (Wildman–Crippen MR) is 121 cm³/mol. The molecule has 2 unspecified atom stereocenters. The van der Waals surface area contributed by atoms with E-state index in [0.29, 0.717) is 17.8 Å². The predicted octanol–water partition coefficient (Wildman–Crippen LogP) is 4.19. The van der Waals surface area contributed by atoms with Gasteiger partial charge in [-0.2, -0.15) is 9.61 Å². The summed E-state index contributed by atoms with van der Waals surface area (Å²) < 4.78 is 7.13. The molecule has 0 aliphatic carbocycles. The topological polar surface area (TPSA) is 84.5 Å². The number of hydrogen-bond acceptors (Lipinski definition) is 5. The van der Waals surface area contributed by atoms with Gasteiger partial charge in [0.05, 0.1) is 12.8 Å². The molecule has 1 saturated heterocycles. The van der Waals surface area contributed by atoms with Crippen LogP contribution in [-0.4, -0.2) is 39.3 Å². The van der Waals surface area contributed by atoms with Crippen molar-refractivity contribution in [2.75, 3.05) is 24.3 Å². The number of hydrogen-bond donors (Lipinski definition) is 2. The van der Waals surface area contributed by atoms with Crippen LogP contribution >= 0.6 is 0 Å². The molecule has 7 nitrogen and oxygen atoms in total. The third kappa shape index (κ3) is 2.96. The lowest BCUT2D eigenvalue weighted by atomic mass is 9.88. The molecule has 0 amide bonds. The molecule has 3 N–H and O–H groups in total. The first kappa shape index (κ1) is 18.8. The van der Waals surface area contributed by atoms with Gasteiger partial charge in [-0.3, -0.25) is 0 Å². The van der Waals surface area contributed by atoms with Gasteiger partial charge >= 0.3 is 0 Å². The molecule has 7 heteroatoms. The lowest BCUT2D eigenvalue weighted by molar-refractivity contribution is 0.415. The SMILES string of the molecule is COc1ccc2[nH]c(N3CCC(c4cc(N)n5nc(C)cc5n4)CC3C)c(C)c2c1. The van der Waals surface area contributed by atoms with Gasteiger partial charge in [-0.1, -0.05) is 0 Å². The Hall–Kier alpha value is -3.22. The van der Waals surface area contributed by atoms with Crippen LogP contribution in [0.2, 0.25) is 0 Å². The molecule has 2 atom stereocenters. The van der Waals surface area contributed by atoms with Crippen LogP contribution in [0.25, 0.3) is 16.6 Å². The van der Waals surface area contributed by atoms with Gasteiger partial charge in [0.15, 0.2) is 5.65 Å². The lowest BCUT2D eigenvalue weighted by Crippen LogP contribution is -2.41. The molecule has 1 aliphatic heterocycles. The first-order valence-electron chi connectivity index (χ1n) is 10.5. The van der Waals surface area contributed by atoms with Gasteiger partial charge in [-0.05, 0) is 57.4 Å². The smallest absolute Gasteiger partial charge is 0.157 e. The molecule has 0 radical (unpaired) electrons. The van der Waals surface area contributed by atoms with Crippen LogP contribution in [0.1, 0.15) is 42.6 Å². The molecule has 4 heterocycles. The third-order valence-corrected chi connectivity index (χ3v) is 6.42. The Balaban J connectivity index is 1.42. The zero-order valence-electron chi connectivity index (χ0n) is 17.9. The summed E-state index contributed by atoms with van der Waals surface area (Å²) in [4.78, 5) is 11.0. The number of aromatic amines is 1. The third-order valence-electron chi connectivity index (χ3n) is 6.42. The minimum atomic E-state index is 0.392. The molecule has 1 fully saturated rings. The van der Waals surface area contributed by atoms with Crippen LogP contribution in [-0.2, 0) is 0 Å². The van der Waals surface area contributed by atoms with Crippen LogP contribution in [0.3, 0.4) is 0 Å². The van der Waals surface area contributed by atoms with Crippen LogP contribution in [0.15, 0.2) is 30.3 Å². The fraction of sp³-hybridized carbons (Fsp3) is 0.391. The Kier molecular flexibility index (Phi) is 4.34. The first-order valence-corrected chi connectivity index (χ1v) is 10.5. The fourth-order valence-electron chi connectivity index (χ4n) is 4.82. The molecule has 0 bridgehead atoms. The van der Waals surface area contributed by atoms with Crippen LogP contribution in [0.5, 0.6) is 5.75 Å². The van der Waals surface area contributed by atoms with E-state index in [9.17, 15) is 0 Å². The number of H-pyrrole nitrogens is 1. The number of nitrogen functional groups attached to an aromatic ring is 1. The maximum absolute atomic E-state index is 6.25. The summed E-state index contributed by atoms with van der Waals surface area (Å²) in [5, 5.41) is 5.63. The van der Waals surface area contributed by atoms with E-state index in [2.05, 4.69) is 41.0 Å². The van der Waals surface area contributed by atoms with E-state index in [1.807, 2.05) is 25.1 Å². The van der Waals surface area contributed by atoms with Gasteiger partial charge < -0.3 is 20.4 Å². The van der Waals surface area contributed by atoms with Crippen molar-refractivity contribution in [1.29, 1.82) is 0 Å². The highest BCUT2D eigenvalue weighted by atomic mass is 16.5. The van der Waals surface area contributed by atoms with Gasteiger partial charge in [0, 0.05) is 47.2 Å². The van der Waals surface area contributed by atoms with Gasteiger partial charge in [0.25, 0.3) is 0 Å². The van der Waals surface area contributed by atoms with Gasteiger partial charge in [0.2, 0.25) is 0 Å². The Bertz CT molecular complexity index is 1240. The number of ether oxygens (including phenoxy) is 1. The number of rotatable bonds is 3. The van der Waals surface area contributed by atoms with Crippen molar-refractivity contribution >= 4 is 28.2 Å². The minimum absolute atomic E-state index is 0.392. The summed E-state index contributed by atoms with van der Waals surface area (Å²) in [7, 11) is 1.71. The van der Waals surface area contributed by atoms with E-state index in [0.717, 1.165) is 47.7 Å². The zero-order chi connectivity index (χ0) is 21.0. The quantitative estimate of drug-likeness (QED) is 0.535. The Morgan fingerprint density at radius 3 is 2.80 bits per heavy atom. The van der Waals surface area contributed by atoms with Crippen molar-refractivity contribution in [1.82, 2.24) is 19.6 Å². The number of benzene rings is 1. The second kappa shape index (κ2) is 6.93. The summed E-state index contributed by atoms with van der Waals surface area (Å²) in [6.45, 7) is 7.42. The zero-order valence-corrected chi connectivity index (χ0v) is 17.9. The highest BCUT2D eigenvalue weighted by Gasteiger charge is 2.30. The summed E-state index contributed by atoms with van der Waals surface area (Å²) in [5.41, 5.74) is 11.5. The van der Waals surface area contributed by atoms with Crippen molar-refractivity contribution in [3.05, 3.63) is 47.3 Å². The molecule has 4 aromatic rings. The Morgan fingerprint density at radius 2 is 2.03 bits per heavy atom. The highest BCUT2D eigenvalue weighted by Crippen LogP contribution is 2.37. The molecular weight excluding hydrogens is 376 g/mol. The van der Waals surface area contributed by atoms with Crippen molar-refractivity contribution in [3.63, 3.8) is 0 Å². The normalized spacial score (nSPS) is 19.7. The van der Waals surface area contributed by atoms with Crippen molar-refractivity contribution in [2.45, 2.75) is 45.6 Å². The van der Waals surface area contributed by atoms with Crippen molar-refractivity contribution in [2.24, 2.45) is 0 Å². The molecule has 1 aromatic carbocycles. The second-order valence-electron chi connectivity index (χ2n) is 8.44. The summed E-state index contributed by atoms with van der Waals surface area (Å²) >= 11 is 0. The van der Waals surface area contributed by atoms with E-state index in [-0.39, 0.29) is 0 Å². The largest absolute Gasteiger partial charge is 0.497 e. The number of aromatic nitrogens is 4. The highest BCUT2D eigenvalue weighted by molar-refractivity contribution is 5.90. The van der Waals surface area contributed by atoms with Crippen molar-refractivity contribution < 1.29 is 4.74 Å². The lowest BCUT2D eigenvalue weighted by Gasteiger charge is -2.38. The number of fused-ring (bicyclic) bond motifs is 2. The fourth-order valence-corrected chi connectivity index (χ4v) is 4.82. The molecule has 1 aliphatic rings. The molecule has 0 saturated carbocycles. The summed E-state index contributed by atoms with van der Waals surface area (Å²) in [6.07, 6.45) is 2.08. The first-order chi connectivity index (χ1) is 14.4. The average molecular weight is 405 g/mol. The maximum atomic E-state index is 6.25. The number of methoxy groups -OCH3 is 1. The standard InChI is InChI=1S/C23H28N6O/c1-13-9-22-25-20(12-21(24)29(22)27-13)16-7-8-28(14(2)10-16)23-15(3)18-11-17(30-4)5-6-19(18)26-23/h5-6,9,11-12,14,16,26H,7-8,10,24H2,1-4H3.